The van der Waals surface area contributed by atoms with Crippen molar-refractivity contribution in [2.75, 3.05) is 0 Å². The maximum Gasteiger partial charge on any atom is 0.0132 e. The number of nitrogens with one attached hydrogen (secondary N) is 1. The number of rotatable bonds is 3. The van der Waals surface area contributed by atoms with Gasteiger partial charge in [-0.2, -0.15) is 0 Å². The molecule has 0 spiro atoms. The normalized spacial score (nSPS) is 28.7. The third-order valence-corrected chi connectivity index (χ3v) is 2.74. The van der Waals surface area contributed by atoms with Crippen molar-refractivity contribution >= 4 is 0 Å². The van der Waals surface area contributed by atoms with Crippen molar-refractivity contribution in [3.8, 4) is 0 Å². The highest BCUT2D eigenvalue weighted by molar-refractivity contribution is 4.94. The molecule has 0 radical (unpaired) electrons. The van der Waals surface area contributed by atoms with Crippen LogP contribution in [0, 0.1) is 5.41 Å². The first kappa shape index (κ1) is 12.0. The summed E-state index contributed by atoms with van der Waals surface area (Å²) in [4.78, 5) is 0. The summed E-state index contributed by atoms with van der Waals surface area (Å²) in [6, 6.07) is 1.10. The lowest BCUT2D eigenvalue weighted by Gasteiger charge is -2.42. The predicted molar refractivity (Wildman–Crippen MR) is 62.3 cm³/mol. The summed E-state index contributed by atoms with van der Waals surface area (Å²) in [5.74, 6) is 0. The van der Waals surface area contributed by atoms with Crippen LogP contribution < -0.4 is 11.1 Å². The second kappa shape index (κ2) is 3.82. The van der Waals surface area contributed by atoms with E-state index < -0.39 is 0 Å². The van der Waals surface area contributed by atoms with Gasteiger partial charge in [0.05, 0.1) is 0 Å². The van der Waals surface area contributed by atoms with Crippen molar-refractivity contribution in [3.63, 3.8) is 0 Å². The topological polar surface area (TPSA) is 38.0 Å². The Morgan fingerprint density at radius 2 is 1.64 bits per heavy atom. The molecular weight excluding hydrogens is 172 g/mol. The van der Waals surface area contributed by atoms with Crippen LogP contribution in [0.4, 0.5) is 0 Å². The molecule has 0 unspecified atom stereocenters. The summed E-state index contributed by atoms with van der Waals surface area (Å²) in [5.41, 5.74) is 6.41. The smallest absolute Gasteiger partial charge is 0.0132 e. The molecule has 0 atom stereocenters. The van der Waals surface area contributed by atoms with Crippen LogP contribution in [0.2, 0.25) is 0 Å². The van der Waals surface area contributed by atoms with Crippen molar-refractivity contribution in [2.45, 2.75) is 71.5 Å². The van der Waals surface area contributed by atoms with Crippen LogP contribution in [0.5, 0.6) is 0 Å². The van der Waals surface area contributed by atoms with Crippen LogP contribution in [0.15, 0.2) is 0 Å². The van der Waals surface area contributed by atoms with E-state index >= 15 is 0 Å². The lowest BCUT2D eigenvalue weighted by molar-refractivity contribution is 0.177. The molecule has 1 saturated carbocycles. The Labute approximate surface area is 88.6 Å². The molecule has 0 amide bonds. The van der Waals surface area contributed by atoms with Gasteiger partial charge in [-0.1, -0.05) is 20.8 Å². The highest BCUT2D eigenvalue weighted by Crippen LogP contribution is 2.29. The molecule has 0 saturated heterocycles. The van der Waals surface area contributed by atoms with Crippen molar-refractivity contribution in [1.82, 2.24) is 5.32 Å². The van der Waals surface area contributed by atoms with Gasteiger partial charge in [0.25, 0.3) is 0 Å². The van der Waals surface area contributed by atoms with Crippen molar-refractivity contribution in [3.05, 3.63) is 0 Å². The molecule has 0 aromatic rings. The van der Waals surface area contributed by atoms with E-state index in [1.807, 2.05) is 0 Å². The van der Waals surface area contributed by atoms with Gasteiger partial charge in [0.15, 0.2) is 0 Å². The van der Waals surface area contributed by atoms with E-state index in [-0.39, 0.29) is 5.54 Å². The van der Waals surface area contributed by atoms with E-state index in [9.17, 15) is 0 Å². The van der Waals surface area contributed by atoms with E-state index in [1.54, 1.807) is 0 Å². The molecule has 1 aliphatic carbocycles. The Balaban J connectivity index is 2.34. The highest BCUT2D eigenvalue weighted by Gasteiger charge is 2.32. The van der Waals surface area contributed by atoms with Gasteiger partial charge in [0.1, 0.15) is 0 Å². The van der Waals surface area contributed by atoms with Gasteiger partial charge < -0.3 is 11.1 Å². The molecule has 0 bridgehead atoms. The molecule has 0 heterocycles. The average Bonchev–Trinajstić information content (AvgIpc) is 1.76. The minimum atomic E-state index is 0.239. The third-order valence-electron chi connectivity index (χ3n) is 2.74. The van der Waals surface area contributed by atoms with Gasteiger partial charge in [-0.15, -0.1) is 0 Å². The van der Waals surface area contributed by atoms with Crippen molar-refractivity contribution in [1.29, 1.82) is 0 Å². The quantitative estimate of drug-likeness (QED) is 0.730. The summed E-state index contributed by atoms with van der Waals surface area (Å²) in [7, 11) is 0. The van der Waals surface area contributed by atoms with Crippen LogP contribution >= 0.6 is 0 Å². The molecule has 0 aliphatic heterocycles. The first-order chi connectivity index (χ1) is 6.18. The van der Waals surface area contributed by atoms with Gasteiger partial charge in [-0.25, -0.2) is 0 Å². The molecule has 1 fully saturated rings. The predicted octanol–water partition coefficient (Wildman–Crippen LogP) is 2.28. The van der Waals surface area contributed by atoms with Crippen LogP contribution in [-0.2, 0) is 0 Å². The summed E-state index contributed by atoms with van der Waals surface area (Å²) in [5, 5.41) is 3.70. The molecule has 3 N–H and O–H groups in total. The van der Waals surface area contributed by atoms with E-state index in [1.165, 1.54) is 6.42 Å². The zero-order chi connectivity index (χ0) is 11.0. The zero-order valence-electron chi connectivity index (χ0n) is 10.4. The molecule has 84 valence electrons. The Bertz CT molecular complexity index is 185. The Morgan fingerprint density at radius 3 is 2.00 bits per heavy atom. The van der Waals surface area contributed by atoms with E-state index in [2.05, 4.69) is 39.9 Å². The molecule has 1 rings (SSSR count). The average molecular weight is 198 g/mol. The van der Waals surface area contributed by atoms with Crippen LogP contribution in [0.1, 0.15) is 53.9 Å². The number of hydrogen-bond acceptors (Lipinski definition) is 2. The van der Waals surface area contributed by atoms with Crippen molar-refractivity contribution in [2.24, 2.45) is 11.1 Å². The van der Waals surface area contributed by atoms with Crippen molar-refractivity contribution < 1.29 is 0 Å². The second-order valence-electron chi connectivity index (χ2n) is 6.69. The van der Waals surface area contributed by atoms with Gasteiger partial charge in [-0.05, 0) is 38.5 Å². The maximum atomic E-state index is 5.77. The minimum absolute atomic E-state index is 0.239. The van der Waals surface area contributed by atoms with Gasteiger partial charge in [-0.3, -0.25) is 0 Å². The summed E-state index contributed by atoms with van der Waals surface area (Å²) >= 11 is 0. The number of nitrogens with two attached hydrogens (primary N) is 1. The van der Waals surface area contributed by atoms with E-state index in [0.717, 1.165) is 12.8 Å². The molecule has 0 aromatic carbocycles. The van der Waals surface area contributed by atoms with Gasteiger partial charge in [0, 0.05) is 17.6 Å². The Hall–Kier alpha value is -0.0800. The molecule has 0 aromatic heterocycles. The van der Waals surface area contributed by atoms with Crippen LogP contribution in [0.3, 0.4) is 0 Å². The zero-order valence-corrected chi connectivity index (χ0v) is 10.4. The summed E-state index contributed by atoms with van der Waals surface area (Å²) in [6.45, 7) is 11.5. The van der Waals surface area contributed by atoms with Crippen LogP contribution in [0.25, 0.3) is 0 Å². The summed E-state index contributed by atoms with van der Waals surface area (Å²) in [6.07, 6.45) is 3.49. The molecular formula is C12H26N2. The standard InChI is InChI=1S/C12H26N2/c1-11(2,3)8-12(4,5)14-10-6-9(13)7-10/h9-10,14H,6-8,13H2,1-5H3. The monoisotopic (exact) mass is 198 g/mol. The van der Waals surface area contributed by atoms with Crippen LogP contribution in [-0.4, -0.2) is 17.6 Å². The fourth-order valence-corrected chi connectivity index (χ4v) is 2.71. The molecule has 2 nitrogen and oxygen atoms in total. The fourth-order valence-electron chi connectivity index (χ4n) is 2.71. The number of hydrogen-bond donors (Lipinski definition) is 2. The van der Waals surface area contributed by atoms with E-state index in [4.69, 9.17) is 5.73 Å². The highest BCUT2D eigenvalue weighted by atomic mass is 15.0. The van der Waals surface area contributed by atoms with Gasteiger partial charge in [0.2, 0.25) is 0 Å². The van der Waals surface area contributed by atoms with E-state index in [0.29, 0.717) is 17.5 Å². The molecule has 1 aliphatic rings. The SMILES string of the molecule is CC(C)(C)CC(C)(C)NC1CC(N)C1. The van der Waals surface area contributed by atoms with Gasteiger partial charge >= 0.3 is 0 Å². The second-order valence-corrected chi connectivity index (χ2v) is 6.69. The molecule has 2 heteroatoms. The summed E-state index contributed by atoms with van der Waals surface area (Å²) < 4.78 is 0. The fraction of sp³-hybridized carbons (Fsp3) is 1.00. The molecule has 14 heavy (non-hydrogen) atoms. The Morgan fingerprint density at radius 1 is 1.14 bits per heavy atom. The lowest BCUT2D eigenvalue weighted by atomic mass is 9.79. The minimum Gasteiger partial charge on any atom is -0.328 e. The Kier molecular flexibility index (Phi) is 3.27. The maximum absolute atomic E-state index is 5.77. The first-order valence-electron chi connectivity index (χ1n) is 5.71. The third kappa shape index (κ3) is 3.97. The lowest BCUT2D eigenvalue weighted by Crippen LogP contribution is -2.56. The first-order valence-corrected chi connectivity index (χ1v) is 5.71. The largest absolute Gasteiger partial charge is 0.328 e.